The second kappa shape index (κ2) is 11.1. The van der Waals surface area contributed by atoms with E-state index in [1.807, 2.05) is 14.1 Å². The third kappa shape index (κ3) is 9.71. The summed E-state index contributed by atoms with van der Waals surface area (Å²) in [5.41, 5.74) is 0. The van der Waals surface area contributed by atoms with E-state index in [0.717, 1.165) is 0 Å². The van der Waals surface area contributed by atoms with E-state index in [-0.39, 0.29) is 31.0 Å². The van der Waals surface area contributed by atoms with Gasteiger partial charge in [-0.2, -0.15) is 0 Å². The van der Waals surface area contributed by atoms with Gasteiger partial charge in [-0.3, -0.25) is 0 Å². The van der Waals surface area contributed by atoms with Crippen LogP contribution in [-0.2, 0) is 4.79 Å². The van der Waals surface area contributed by atoms with Gasteiger partial charge in [-0.1, -0.05) is 23.2 Å². The zero-order valence-electron chi connectivity index (χ0n) is 11.0. The molecule has 0 aliphatic carbocycles. The summed E-state index contributed by atoms with van der Waals surface area (Å²) in [6.45, 7) is -0.415. The smallest absolute Gasteiger partial charge is 1.00 e. The van der Waals surface area contributed by atoms with Gasteiger partial charge in [0.25, 0.3) is 0 Å². The van der Waals surface area contributed by atoms with Crippen molar-refractivity contribution < 1.29 is 45.6 Å². The molecule has 92 valence electrons. The third-order valence-corrected chi connectivity index (χ3v) is 1.78. The third-order valence-electron chi connectivity index (χ3n) is 1.25. The van der Waals surface area contributed by atoms with Gasteiger partial charge in [0, 0.05) is 5.02 Å². The summed E-state index contributed by atoms with van der Waals surface area (Å²) in [4.78, 5) is 10.2. The number of hydrogen-bond donors (Lipinski definition) is 2. The largest absolute Gasteiger partial charge is 1.00 e. The molecular formula is C10H14Cl2NNaO3. The van der Waals surface area contributed by atoms with Crippen molar-refractivity contribution in [3.63, 3.8) is 0 Å². The van der Waals surface area contributed by atoms with Gasteiger partial charge in [-0.25, -0.2) is 4.79 Å². The molecule has 0 bridgehead atoms. The van der Waals surface area contributed by atoms with Crippen LogP contribution in [0.2, 0.25) is 10.0 Å². The predicted molar refractivity (Wildman–Crippen MR) is 65.7 cm³/mol. The van der Waals surface area contributed by atoms with E-state index in [2.05, 4.69) is 5.32 Å². The zero-order valence-corrected chi connectivity index (χ0v) is 13.5. The van der Waals surface area contributed by atoms with Crippen LogP contribution in [0.15, 0.2) is 18.2 Å². The fourth-order valence-corrected chi connectivity index (χ4v) is 1.19. The van der Waals surface area contributed by atoms with Crippen molar-refractivity contribution in [1.82, 2.24) is 5.32 Å². The van der Waals surface area contributed by atoms with Crippen molar-refractivity contribution in [2.24, 2.45) is 0 Å². The summed E-state index contributed by atoms with van der Waals surface area (Å²) in [5, 5.41) is 11.9. The second-order valence-corrected chi connectivity index (χ2v) is 3.60. The number of nitrogens with one attached hydrogen (secondary N) is 1. The van der Waals surface area contributed by atoms with Crippen molar-refractivity contribution in [2.45, 2.75) is 0 Å². The Labute approximate surface area is 134 Å². The molecule has 2 N–H and O–H groups in total. The molecule has 7 heteroatoms. The van der Waals surface area contributed by atoms with Gasteiger partial charge < -0.3 is 16.6 Å². The maximum absolute atomic E-state index is 10.2. The Morgan fingerprint density at radius 2 is 2.00 bits per heavy atom. The number of hydrogen-bond acceptors (Lipinski definition) is 3. The number of carbonyl (C=O) groups is 1. The molecule has 4 nitrogen and oxygen atoms in total. The van der Waals surface area contributed by atoms with Gasteiger partial charge in [0.05, 0.1) is 5.02 Å². The summed E-state index contributed by atoms with van der Waals surface area (Å²) in [5.74, 6) is -0.737. The van der Waals surface area contributed by atoms with Gasteiger partial charge in [0.2, 0.25) is 0 Å². The number of rotatable bonds is 3. The van der Waals surface area contributed by atoms with Crippen LogP contribution >= 0.6 is 23.2 Å². The topological polar surface area (TPSA) is 58.6 Å². The van der Waals surface area contributed by atoms with E-state index >= 15 is 0 Å². The number of benzene rings is 1. The maximum Gasteiger partial charge on any atom is 1.00 e. The average molecular weight is 290 g/mol. The van der Waals surface area contributed by atoms with Gasteiger partial charge in [-0.15, -0.1) is 0 Å². The number of carboxylic acids is 1. The van der Waals surface area contributed by atoms with E-state index in [0.29, 0.717) is 15.8 Å². The molecule has 0 spiro atoms. The molecule has 0 aliphatic rings. The van der Waals surface area contributed by atoms with Crippen LogP contribution in [0.25, 0.3) is 0 Å². The minimum absolute atomic E-state index is 0. The molecule has 1 aromatic rings. The molecule has 0 saturated carbocycles. The number of halogens is 2. The second-order valence-electron chi connectivity index (χ2n) is 2.76. The van der Waals surface area contributed by atoms with E-state index in [9.17, 15) is 4.79 Å². The molecule has 1 aromatic carbocycles. The van der Waals surface area contributed by atoms with Crippen LogP contribution in [0.1, 0.15) is 1.43 Å². The number of aliphatic carboxylic acids is 1. The fraction of sp³-hybridized carbons (Fsp3) is 0.300. The Kier molecular flexibility index (Phi) is 12.7. The van der Waals surface area contributed by atoms with Crippen molar-refractivity contribution in [1.29, 1.82) is 0 Å². The molecule has 0 radical (unpaired) electrons. The minimum Gasteiger partial charge on any atom is -1.00 e. The van der Waals surface area contributed by atoms with E-state index in [1.54, 1.807) is 6.07 Å². The Hall–Kier alpha value is 0.0300. The molecule has 0 saturated heterocycles. The van der Waals surface area contributed by atoms with E-state index < -0.39 is 12.6 Å². The Morgan fingerprint density at radius 3 is 2.41 bits per heavy atom. The Balaban J connectivity index is -0.000000410. The van der Waals surface area contributed by atoms with Crippen LogP contribution in [0.5, 0.6) is 5.75 Å². The van der Waals surface area contributed by atoms with Crippen LogP contribution < -0.4 is 39.6 Å². The average Bonchev–Trinajstić information content (AvgIpc) is 2.17. The molecule has 0 heterocycles. The summed E-state index contributed by atoms with van der Waals surface area (Å²) in [6, 6.07) is 4.58. The summed E-state index contributed by atoms with van der Waals surface area (Å²) >= 11 is 11.3. The van der Waals surface area contributed by atoms with Crippen LogP contribution in [0, 0.1) is 0 Å². The predicted octanol–water partition coefficient (Wildman–Crippen LogP) is -0.591. The van der Waals surface area contributed by atoms with Gasteiger partial charge in [0.1, 0.15) is 5.75 Å². The monoisotopic (exact) mass is 289 g/mol. The first-order chi connectivity index (χ1) is 7.51. The number of carboxylic acid groups (broad SMARTS) is 1. The van der Waals surface area contributed by atoms with Gasteiger partial charge in [-0.05, 0) is 32.3 Å². The first kappa shape index (κ1) is 19.4. The van der Waals surface area contributed by atoms with Crippen LogP contribution in [0.4, 0.5) is 0 Å². The normalized spacial score (nSPS) is 8.47. The van der Waals surface area contributed by atoms with Crippen molar-refractivity contribution >= 4 is 29.2 Å². The number of ether oxygens (including phenoxy) is 1. The van der Waals surface area contributed by atoms with Crippen LogP contribution in [0.3, 0.4) is 0 Å². The zero-order chi connectivity index (χ0) is 12.6. The van der Waals surface area contributed by atoms with Gasteiger partial charge in [0.15, 0.2) is 6.61 Å². The Morgan fingerprint density at radius 1 is 1.47 bits per heavy atom. The van der Waals surface area contributed by atoms with Crippen LogP contribution in [-0.4, -0.2) is 31.8 Å². The molecule has 17 heavy (non-hydrogen) atoms. The SMILES string of the molecule is CNC.O=C(O)COc1ccc(Cl)cc1Cl.[H-].[Na+]. The molecule has 0 fully saturated rings. The first-order valence-electron chi connectivity index (χ1n) is 4.39. The van der Waals surface area contributed by atoms with Crippen molar-refractivity contribution in [2.75, 3.05) is 20.7 Å². The summed E-state index contributed by atoms with van der Waals surface area (Å²) in [6.07, 6.45) is 0. The standard InChI is InChI=1S/C8H6Cl2O3.C2H7N.Na.H/c9-5-1-2-7(6(10)3-5)13-4-8(11)12;1-3-2;;/h1-3H,4H2,(H,11,12);3H,1-2H3;;/q;;+1;-1. The molecule has 0 unspecified atom stereocenters. The fourth-order valence-electron chi connectivity index (χ4n) is 0.732. The van der Waals surface area contributed by atoms with E-state index in [1.165, 1.54) is 12.1 Å². The first-order valence-corrected chi connectivity index (χ1v) is 5.15. The van der Waals surface area contributed by atoms with Gasteiger partial charge >= 0.3 is 35.5 Å². The van der Waals surface area contributed by atoms with E-state index in [4.69, 9.17) is 33.0 Å². The maximum atomic E-state index is 10.2. The minimum atomic E-state index is -1.05. The summed E-state index contributed by atoms with van der Waals surface area (Å²) < 4.78 is 4.86. The molecule has 0 amide bonds. The van der Waals surface area contributed by atoms with Crippen molar-refractivity contribution in [3.8, 4) is 5.75 Å². The molecule has 1 rings (SSSR count). The quantitative estimate of drug-likeness (QED) is 0.731. The molecule has 0 aromatic heterocycles. The Bertz CT molecular complexity index is 356. The molecular weight excluding hydrogens is 276 g/mol. The molecule has 0 aliphatic heterocycles. The van der Waals surface area contributed by atoms with Crippen molar-refractivity contribution in [3.05, 3.63) is 28.2 Å². The summed E-state index contributed by atoms with van der Waals surface area (Å²) in [7, 11) is 3.75. The molecule has 0 atom stereocenters.